The summed E-state index contributed by atoms with van der Waals surface area (Å²) in [5.74, 6) is -1.01. The lowest BCUT2D eigenvalue weighted by atomic mass is 10.0. The summed E-state index contributed by atoms with van der Waals surface area (Å²) in [6.07, 6.45) is 0. The SMILES string of the molecule is CC(C)(COCC(=O)Nc1ccccc1Br)N1C(=O)c2ccccc2C1=O. The maximum absolute atomic E-state index is 12.6. The zero-order valence-electron chi connectivity index (χ0n) is 15.0. The van der Waals surface area contributed by atoms with Crippen molar-refractivity contribution in [1.82, 2.24) is 4.90 Å². The Kier molecular flexibility index (Phi) is 5.43. The number of hydrogen-bond acceptors (Lipinski definition) is 4. The Bertz CT molecular complexity index is 875. The smallest absolute Gasteiger partial charge is 0.262 e. The van der Waals surface area contributed by atoms with Gasteiger partial charge in [0, 0.05) is 4.47 Å². The van der Waals surface area contributed by atoms with Crippen molar-refractivity contribution in [3.05, 3.63) is 64.1 Å². The van der Waals surface area contributed by atoms with E-state index in [-0.39, 0.29) is 30.9 Å². The molecule has 140 valence electrons. The van der Waals surface area contributed by atoms with Crippen LogP contribution in [0.2, 0.25) is 0 Å². The predicted octanol–water partition coefficient (Wildman–Crippen LogP) is 3.48. The van der Waals surface area contributed by atoms with Gasteiger partial charge in [-0.3, -0.25) is 19.3 Å². The van der Waals surface area contributed by atoms with Gasteiger partial charge in [0.25, 0.3) is 11.8 Å². The van der Waals surface area contributed by atoms with E-state index in [1.54, 1.807) is 44.2 Å². The van der Waals surface area contributed by atoms with Gasteiger partial charge in [-0.2, -0.15) is 0 Å². The Balaban J connectivity index is 1.59. The maximum atomic E-state index is 12.6. The molecule has 7 heteroatoms. The first-order valence-electron chi connectivity index (χ1n) is 8.41. The van der Waals surface area contributed by atoms with Gasteiger partial charge < -0.3 is 10.1 Å². The Morgan fingerprint density at radius 2 is 1.59 bits per heavy atom. The van der Waals surface area contributed by atoms with Gasteiger partial charge >= 0.3 is 0 Å². The van der Waals surface area contributed by atoms with Crippen LogP contribution in [0, 0.1) is 0 Å². The van der Waals surface area contributed by atoms with Crippen LogP contribution in [0.4, 0.5) is 5.69 Å². The zero-order chi connectivity index (χ0) is 19.6. The number of carbonyl (C=O) groups excluding carboxylic acids is 3. The average molecular weight is 431 g/mol. The molecule has 0 radical (unpaired) electrons. The average Bonchev–Trinajstić information content (AvgIpc) is 2.89. The second-order valence-corrected chi connectivity index (χ2v) is 7.68. The molecule has 0 saturated heterocycles. The van der Waals surface area contributed by atoms with Crippen molar-refractivity contribution < 1.29 is 19.1 Å². The quantitative estimate of drug-likeness (QED) is 0.711. The van der Waals surface area contributed by atoms with E-state index >= 15 is 0 Å². The number of anilines is 1. The van der Waals surface area contributed by atoms with Gasteiger partial charge in [0.1, 0.15) is 6.61 Å². The fourth-order valence-electron chi connectivity index (χ4n) is 2.95. The van der Waals surface area contributed by atoms with E-state index in [1.165, 1.54) is 4.90 Å². The summed E-state index contributed by atoms with van der Waals surface area (Å²) in [6.45, 7) is 3.33. The minimum atomic E-state index is -0.888. The summed E-state index contributed by atoms with van der Waals surface area (Å²) in [5, 5.41) is 2.74. The molecule has 0 bridgehead atoms. The lowest BCUT2D eigenvalue weighted by Crippen LogP contribution is -2.50. The molecule has 3 amide bonds. The number of imide groups is 1. The Labute approximate surface area is 165 Å². The third-order valence-electron chi connectivity index (χ3n) is 4.24. The van der Waals surface area contributed by atoms with Crippen LogP contribution >= 0.6 is 15.9 Å². The normalized spacial score (nSPS) is 13.7. The molecule has 1 aliphatic heterocycles. The van der Waals surface area contributed by atoms with E-state index in [2.05, 4.69) is 21.2 Å². The fraction of sp³-hybridized carbons (Fsp3) is 0.250. The fourth-order valence-corrected chi connectivity index (χ4v) is 3.33. The molecule has 0 aromatic heterocycles. The van der Waals surface area contributed by atoms with E-state index in [4.69, 9.17) is 4.74 Å². The van der Waals surface area contributed by atoms with Gasteiger partial charge in [0.05, 0.1) is 29.0 Å². The monoisotopic (exact) mass is 430 g/mol. The summed E-state index contributed by atoms with van der Waals surface area (Å²) in [4.78, 5) is 38.5. The Morgan fingerprint density at radius 3 is 2.19 bits per heavy atom. The highest BCUT2D eigenvalue weighted by atomic mass is 79.9. The topological polar surface area (TPSA) is 75.7 Å². The second-order valence-electron chi connectivity index (χ2n) is 6.82. The number of para-hydroxylation sites is 1. The first kappa shape index (κ1) is 19.3. The molecule has 6 nitrogen and oxygen atoms in total. The van der Waals surface area contributed by atoms with E-state index in [0.717, 1.165) is 4.47 Å². The molecule has 2 aromatic rings. The first-order chi connectivity index (χ1) is 12.8. The van der Waals surface area contributed by atoms with Crippen LogP contribution in [0.1, 0.15) is 34.6 Å². The van der Waals surface area contributed by atoms with Gasteiger partial charge in [0.2, 0.25) is 5.91 Å². The van der Waals surface area contributed by atoms with Gasteiger partial charge in [-0.15, -0.1) is 0 Å². The molecular formula is C20H19BrN2O4. The van der Waals surface area contributed by atoms with Crippen molar-refractivity contribution in [2.75, 3.05) is 18.5 Å². The third kappa shape index (κ3) is 3.94. The van der Waals surface area contributed by atoms with Crippen LogP contribution < -0.4 is 5.32 Å². The first-order valence-corrected chi connectivity index (χ1v) is 9.20. The summed E-state index contributed by atoms with van der Waals surface area (Å²) < 4.78 is 6.28. The zero-order valence-corrected chi connectivity index (χ0v) is 16.6. The van der Waals surface area contributed by atoms with Crippen LogP contribution in [-0.2, 0) is 9.53 Å². The predicted molar refractivity (Wildman–Crippen MR) is 105 cm³/mol. The summed E-state index contributed by atoms with van der Waals surface area (Å²) in [6, 6.07) is 14.0. The lowest BCUT2D eigenvalue weighted by Gasteiger charge is -2.33. The molecular weight excluding hydrogens is 412 g/mol. The Morgan fingerprint density at radius 1 is 1.04 bits per heavy atom. The largest absolute Gasteiger partial charge is 0.369 e. The maximum Gasteiger partial charge on any atom is 0.262 e. The highest BCUT2D eigenvalue weighted by Crippen LogP contribution is 2.29. The lowest BCUT2D eigenvalue weighted by molar-refractivity contribution is -0.121. The molecule has 1 N–H and O–H groups in total. The number of hydrogen-bond donors (Lipinski definition) is 1. The number of carbonyl (C=O) groups is 3. The molecule has 0 unspecified atom stereocenters. The molecule has 2 aromatic carbocycles. The molecule has 0 fully saturated rings. The number of benzene rings is 2. The molecule has 0 aliphatic carbocycles. The van der Waals surface area contributed by atoms with Gasteiger partial charge in [-0.1, -0.05) is 24.3 Å². The van der Waals surface area contributed by atoms with Crippen molar-refractivity contribution in [3.8, 4) is 0 Å². The van der Waals surface area contributed by atoms with Crippen LogP contribution in [-0.4, -0.2) is 41.4 Å². The summed E-state index contributed by atoms with van der Waals surface area (Å²) in [7, 11) is 0. The van der Waals surface area contributed by atoms with Crippen molar-refractivity contribution in [2.45, 2.75) is 19.4 Å². The molecule has 3 rings (SSSR count). The molecule has 1 aliphatic rings. The van der Waals surface area contributed by atoms with E-state index in [9.17, 15) is 14.4 Å². The molecule has 27 heavy (non-hydrogen) atoms. The number of nitrogens with one attached hydrogen (secondary N) is 1. The van der Waals surface area contributed by atoms with Gasteiger partial charge in [-0.25, -0.2) is 0 Å². The minimum Gasteiger partial charge on any atom is -0.369 e. The molecule has 0 atom stereocenters. The van der Waals surface area contributed by atoms with Crippen LogP contribution in [0.5, 0.6) is 0 Å². The van der Waals surface area contributed by atoms with Crippen LogP contribution in [0.3, 0.4) is 0 Å². The van der Waals surface area contributed by atoms with Crippen molar-refractivity contribution in [3.63, 3.8) is 0 Å². The van der Waals surface area contributed by atoms with Crippen molar-refractivity contribution in [2.24, 2.45) is 0 Å². The highest BCUT2D eigenvalue weighted by Gasteiger charge is 2.44. The van der Waals surface area contributed by atoms with E-state index < -0.39 is 5.54 Å². The summed E-state index contributed by atoms with van der Waals surface area (Å²) in [5.41, 5.74) is 0.538. The molecule has 0 spiro atoms. The molecule has 0 saturated carbocycles. The van der Waals surface area contributed by atoms with Gasteiger partial charge in [0.15, 0.2) is 0 Å². The number of ether oxygens (including phenoxy) is 1. The van der Waals surface area contributed by atoms with E-state index in [1.807, 2.05) is 18.2 Å². The highest BCUT2D eigenvalue weighted by molar-refractivity contribution is 9.10. The van der Waals surface area contributed by atoms with Crippen molar-refractivity contribution in [1.29, 1.82) is 0 Å². The number of rotatable bonds is 6. The number of halogens is 1. The number of amides is 3. The molecule has 1 heterocycles. The minimum absolute atomic E-state index is 0.0435. The second kappa shape index (κ2) is 7.62. The Hall–Kier alpha value is -2.51. The van der Waals surface area contributed by atoms with E-state index in [0.29, 0.717) is 16.8 Å². The number of nitrogens with zero attached hydrogens (tertiary/aromatic N) is 1. The van der Waals surface area contributed by atoms with Gasteiger partial charge in [-0.05, 0) is 54.0 Å². The van der Waals surface area contributed by atoms with Crippen LogP contribution in [0.25, 0.3) is 0 Å². The number of fused-ring (bicyclic) bond motifs is 1. The summed E-state index contributed by atoms with van der Waals surface area (Å²) >= 11 is 3.36. The van der Waals surface area contributed by atoms with Crippen LogP contribution in [0.15, 0.2) is 53.0 Å². The third-order valence-corrected chi connectivity index (χ3v) is 4.93. The standard InChI is InChI=1S/C20H19BrN2O4/c1-20(2,23-18(25)13-7-3-4-8-14(13)19(23)26)12-27-11-17(24)22-16-10-6-5-9-15(16)21/h3-10H,11-12H2,1-2H3,(H,22,24). The van der Waals surface area contributed by atoms with Crippen molar-refractivity contribution >= 4 is 39.3 Å².